The van der Waals surface area contributed by atoms with Gasteiger partial charge in [0.2, 0.25) is 0 Å². The highest BCUT2D eigenvalue weighted by Gasteiger charge is 2.52. The van der Waals surface area contributed by atoms with Gasteiger partial charge >= 0.3 is 0 Å². The molecule has 2 aromatic rings. The number of fused-ring (bicyclic) bond motifs is 1. The molecule has 0 bridgehead atoms. The molecule has 0 saturated heterocycles. The summed E-state index contributed by atoms with van der Waals surface area (Å²) in [7, 11) is 0. The van der Waals surface area contributed by atoms with E-state index in [4.69, 9.17) is 5.11 Å². The van der Waals surface area contributed by atoms with Gasteiger partial charge in [0.25, 0.3) is 5.91 Å². The van der Waals surface area contributed by atoms with Crippen molar-refractivity contribution < 1.29 is 15.0 Å². The van der Waals surface area contributed by atoms with Crippen LogP contribution in [0.4, 0.5) is 11.4 Å². The molecule has 0 aliphatic carbocycles. The molecule has 3 rings (SSSR count). The molecular weight excluding hydrogens is 302 g/mol. The highest BCUT2D eigenvalue weighted by atomic mass is 16.3. The summed E-state index contributed by atoms with van der Waals surface area (Å²) in [5, 5.41) is 20.2. The van der Waals surface area contributed by atoms with Crippen molar-refractivity contribution in [1.82, 2.24) is 0 Å². The van der Waals surface area contributed by atoms with Crippen LogP contribution in [0.1, 0.15) is 18.9 Å². The van der Waals surface area contributed by atoms with Crippen molar-refractivity contribution in [2.75, 3.05) is 11.5 Å². The molecule has 1 aliphatic heterocycles. The summed E-state index contributed by atoms with van der Waals surface area (Å²) in [4.78, 5) is 14.7. The van der Waals surface area contributed by atoms with Crippen LogP contribution in [-0.2, 0) is 10.4 Å². The van der Waals surface area contributed by atoms with Gasteiger partial charge in [0.15, 0.2) is 5.60 Å². The molecule has 1 heterocycles. The van der Waals surface area contributed by atoms with E-state index in [0.717, 1.165) is 5.69 Å². The number of rotatable bonds is 5. The minimum Gasteiger partial charge on any atom is -0.396 e. The third-order valence-electron chi connectivity index (χ3n) is 4.48. The third kappa shape index (κ3) is 2.54. The first kappa shape index (κ1) is 16.4. The van der Waals surface area contributed by atoms with Crippen LogP contribution in [0.3, 0.4) is 0 Å². The fourth-order valence-electron chi connectivity index (χ4n) is 3.17. The highest BCUT2D eigenvalue weighted by molar-refractivity contribution is 6.12. The molecule has 2 atom stereocenters. The number of benzene rings is 2. The van der Waals surface area contributed by atoms with E-state index in [1.807, 2.05) is 55.5 Å². The van der Waals surface area contributed by atoms with E-state index in [2.05, 4.69) is 0 Å². The van der Waals surface area contributed by atoms with Crippen molar-refractivity contribution in [1.29, 1.82) is 0 Å². The number of para-hydroxylation sites is 2. The molecule has 24 heavy (non-hydrogen) atoms. The molecule has 0 spiro atoms. The molecular formula is C20H21NO3. The molecule has 1 aliphatic rings. The average Bonchev–Trinajstić information content (AvgIpc) is 2.85. The Morgan fingerprint density at radius 3 is 2.50 bits per heavy atom. The van der Waals surface area contributed by atoms with Gasteiger partial charge in [-0.3, -0.25) is 9.69 Å². The van der Waals surface area contributed by atoms with Gasteiger partial charge in [-0.1, -0.05) is 55.5 Å². The molecule has 0 radical (unpaired) electrons. The van der Waals surface area contributed by atoms with Crippen LogP contribution in [-0.4, -0.2) is 22.7 Å². The Labute approximate surface area is 141 Å². The Kier molecular flexibility index (Phi) is 4.51. The highest BCUT2D eigenvalue weighted by Crippen LogP contribution is 2.47. The van der Waals surface area contributed by atoms with Crippen molar-refractivity contribution in [3.63, 3.8) is 0 Å². The van der Waals surface area contributed by atoms with Crippen molar-refractivity contribution >= 4 is 17.3 Å². The van der Waals surface area contributed by atoms with Crippen LogP contribution in [0.15, 0.2) is 66.7 Å². The van der Waals surface area contributed by atoms with Crippen molar-refractivity contribution in [3.05, 3.63) is 72.3 Å². The number of carbonyl (C=O) groups is 1. The zero-order valence-electron chi connectivity index (χ0n) is 13.6. The lowest BCUT2D eigenvalue weighted by atomic mass is 9.83. The van der Waals surface area contributed by atoms with Crippen LogP contribution in [0.25, 0.3) is 0 Å². The number of carbonyl (C=O) groups excluding carboxylic acids is 1. The number of hydrogen-bond donors (Lipinski definition) is 2. The van der Waals surface area contributed by atoms with E-state index in [0.29, 0.717) is 17.7 Å². The predicted molar refractivity (Wildman–Crippen MR) is 93.9 cm³/mol. The van der Waals surface area contributed by atoms with Gasteiger partial charge in [0.1, 0.15) is 0 Å². The second-order valence-corrected chi connectivity index (χ2v) is 5.99. The zero-order chi connectivity index (χ0) is 17.2. The number of aliphatic hydroxyl groups excluding tert-OH is 1. The number of hydrogen-bond acceptors (Lipinski definition) is 3. The molecule has 0 aromatic heterocycles. The molecule has 2 aromatic carbocycles. The summed E-state index contributed by atoms with van der Waals surface area (Å²) in [5.74, 6) is -0.762. The summed E-state index contributed by atoms with van der Waals surface area (Å²) in [6.07, 6.45) is 4.09. The lowest BCUT2D eigenvalue weighted by Crippen LogP contribution is -2.42. The molecule has 4 nitrogen and oxygen atoms in total. The van der Waals surface area contributed by atoms with Gasteiger partial charge in [-0.2, -0.15) is 0 Å². The third-order valence-corrected chi connectivity index (χ3v) is 4.48. The molecule has 124 valence electrons. The van der Waals surface area contributed by atoms with Crippen molar-refractivity contribution in [2.45, 2.75) is 18.9 Å². The zero-order valence-corrected chi connectivity index (χ0v) is 13.6. The first-order valence-corrected chi connectivity index (χ1v) is 8.09. The van der Waals surface area contributed by atoms with Crippen molar-refractivity contribution in [3.8, 4) is 0 Å². The maximum absolute atomic E-state index is 13.2. The van der Waals surface area contributed by atoms with E-state index in [1.165, 1.54) is 0 Å². The van der Waals surface area contributed by atoms with E-state index < -0.39 is 11.5 Å². The Hall–Kier alpha value is -2.43. The number of anilines is 2. The molecule has 0 saturated carbocycles. The average molecular weight is 323 g/mol. The minimum atomic E-state index is -1.61. The molecule has 2 N–H and O–H groups in total. The van der Waals surface area contributed by atoms with E-state index >= 15 is 0 Å². The number of amides is 1. The van der Waals surface area contributed by atoms with Crippen LogP contribution < -0.4 is 4.90 Å². The standard InChI is InChI=1S/C20H21NO3/c1-15(9-7-8-14-22)20(24)17-12-5-6-13-18(17)21(19(20)23)16-10-3-2-4-11-16/h2-7,9-13,15,22,24H,8,14H2,1H3/b9-7+/t15-,20+/m0/s1. The van der Waals surface area contributed by atoms with Crippen LogP contribution in [0.5, 0.6) is 0 Å². The smallest absolute Gasteiger partial charge is 0.268 e. The van der Waals surface area contributed by atoms with E-state index in [1.54, 1.807) is 23.1 Å². The van der Waals surface area contributed by atoms with Crippen molar-refractivity contribution in [2.24, 2.45) is 5.92 Å². The van der Waals surface area contributed by atoms with E-state index in [9.17, 15) is 9.90 Å². The maximum atomic E-state index is 13.2. The van der Waals surface area contributed by atoms with Gasteiger partial charge in [-0.05, 0) is 24.6 Å². The van der Waals surface area contributed by atoms with Gasteiger partial charge in [-0.25, -0.2) is 0 Å². The predicted octanol–water partition coefficient (Wildman–Crippen LogP) is 3.13. The normalized spacial score (nSPS) is 21.3. The summed E-state index contributed by atoms with van der Waals surface area (Å²) in [5.41, 5.74) is 0.439. The van der Waals surface area contributed by atoms with E-state index in [-0.39, 0.29) is 12.5 Å². The second-order valence-electron chi connectivity index (χ2n) is 5.99. The quantitative estimate of drug-likeness (QED) is 0.831. The second kappa shape index (κ2) is 6.59. The molecule has 0 fully saturated rings. The minimum absolute atomic E-state index is 0.0440. The monoisotopic (exact) mass is 323 g/mol. The summed E-state index contributed by atoms with van der Waals surface area (Å²) in [6, 6.07) is 16.7. The lowest BCUT2D eigenvalue weighted by molar-refractivity contribution is -0.138. The van der Waals surface area contributed by atoms with Gasteiger partial charge in [0.05, 0.1) is 5.69 Å². The maximum Gasteiger partial charge on any atom is 0.268 e. The van der Waals surface area contributed by atoms with Crippen LogP contribution in [0, 0.1) is 5.92 Å². The summed E-state index contributed by atoms with van der Waals surface area (Å²) >= 11 is 0. The first-order chi connectivity index (χ1) is 11.6. The molecule has 4 heteroatoms. The lowest BCUT2D eigenvalue weighted by Gasteiger charge is -2.27. The molecule has 0 unspecified atom stereocenters. The Bertz CT molecular complexity index is 756. The first-order valence-electron chi connectivity index (χ1n) is 8.09. The Balaban J connectivity index is 2.08. The van der Waals surface area contributed by atoms with Gasteiger partial charge in [0, 0.05) is 23.8 Å². The Morgan fingerprint density at radius 1 is 1.12 bits per heavy atom. The van der Waals surface area contributed by atoms with Gasteiger partial charge < -0.3 is 10.2 Å². The fourth-order valence-corrected chi connectivity index (χ4v) is 3.17. The van der Waals surface area contributed by atoms with Crippen LogP contribution >= 0.6 is 0 Å². The van der Waals surface area contributed by atoms with Crippen LogP contribution in [0.2, 0.25) is 0 Å². The fraction of sp³-hybridized carbons (Fsp3) is 0.250. The number of nitrogens with zero attached hydrogens (tertiary/aromatic N) is 1. The largest absolute Gasteiger partial charge is 0.396 e. The Morgan fingerprint density at radius 2 is 1.79 bits per heavy atom. The number of aliphatic hydroxyl groups is 2. The SMILES string of the molecule is C[C@@H](/C=C/CCO)[C@]1(O)C(=O)N(c2ccccc2)c2ccccc21. The molecule has 1 amide bonds. The van der Waals surface area contributed by atoms with Gasteiger partial charge in [-0.15, -0.1) is 0 Å². The summed E-state index contributed by atoms with van der Waals surface area (Å²) < 4.78 is 0. The summed E-state index contributed by atoms with van der Waals surface area (Å²) in [6.45, 7) is 1.86. The topological polar surface area (TPSA) is 60.8 Å².